The Balaban J connectivity index is 0.00000180. The summed E-state index contributed by atoms with van der Waals surface area (Å²) in [5.74, 6) is 0. The van der Waals surface area contributed by atoms with Gasteiger partial charge in [-0.15, -0.1) is 0 Å². The first-order chi connectivity index (χ1) is 8.75. The average Bonchev–Trinajstić information content (AvgIpc) is 2.40. The minimum absolute atomic E-state index is 0. The van der Waals surface area contributed by atoms with Crippen molar-refractivity contribution >= 4 is 29.2 Å². The first-order valence-electron chi connectivity index (χ1n) is 5.79. The predicted molar refractivity (Wildman–Crippen MR) is 82.1 cm³/mol. The molecule has 1 nitrogen and oxygen atoms in total. The molecule has 0 unspecified atom stereocenters. The summed E-state index contributed by atoms with van der Waals surface area (Å²) in [5, 5.41) is 0. The molecule has 0 saturated heterocycles. The average molecular weight is 312 g/mol. The van der Waals surface area contributed by atoms with Gasteiger partial charge < -0.3 is 29.7 Å². The van der Waals surface area contributed by atoms with Crippen LogP contribution >= 0.6 is 12.2 Å². The summed E-state index contributed by atoms with van der Waals surface area (Å²) in [6.45, 7) is 1.52. The van der Waals surface area contributed by atoms with Gasteiger partial charge in [0.15, 0.2) is 0 Å². The Morgan fingerprint density at radius 3 is 1.53 bits per heavy atom. The zero-order chi connectivity index (χ0) is 12.8. The largest absolute Gasteiger partial charge is 1.00 e. The molecule has 19 heavy (non-hydrogen) atoms. The molecule has 0 bridgehead atoms. The topological polar surface area (TPSA) is 3.24 Å². The Labute approximate surface area is 168 Å². The molecule has 0 aliphatic carbocycles. The second kappa shape index (κ2) is 9.18. The summed E-state index contributed by atoms with van der Waals surface area (Å²) in [6, 6.07) is 20.5. The fourth-order valence-corrected chi connectivity index (χ4v) is 2.05. The van der Waals surface area contributed by atoms with Crippen LogP contribution in [0.4, 0.5) is 0 Å². The number of hydrogen-bond acceptors (Lipinski definition) is 2. The molecule has 0 aliphatic rings. The molecule has 2 aromatic carbocycles. The van der Waals surface area contributed by atoms with Crippen LogP contribution in [0.2, 0.25) is 0 Å². The molecular weight excluding hydrogens is 297 g/mol. The molecule has 2 aromatic rings. The van der Waals surface area contributed by atoms with Gasteiger partial charge in [0.25, 0.3) is 0 Å². The van der Waals surface area contributed by atoms with E-state index in [2.05, 4.69) is 24.3 Å². The van der Waals surface area contributed by atoms with E-state index in [1.807, 2.05) is 41.3 Å². The first kappa shape index (κ1) is 17.2. The SMILES string of the molecule is S=C([S-])N(Cc1ccccc1)Cc1ccccc1.[K+]. The van der Waals surface area contributed by atoms with Gasteiger partial charge in [-0.05, 0) is 11.1 Å². The van der Waals surface area contributed by atoms with Crippen molar-refractivity contribution in [2.45, 2.75) is 13.1 Å². The van der Waals surface area contributed by atoms with E-state index < -0.39 is 0 Å². The van der Waals surface area contributed by atoms with Crippen molar-refractivity contribution in [3.8, 4) is 0 Å². The van der Waals surface area contributed by atoms with Crippen molar-refractivity contribution in [2.24, 2.45) is 0 Å². The van der Waals surface area contributed by atoms with Gasteiger partial charge in [0, 0.05) is 13.1 Å². The van der Waals surface area contributed by atoms with Crippen molar-refractivity contribution in [2.75, 3.05) is 0 Å². The number of rotatable bonds is 4. The molecule has 92 valence electrons. The Morgan fingerprint density at radius 1 is 0.842 bits per heavy atom. The van der Waals surface area contributed by atoms with E-state index in [1.54, 1.807) is 0 Å². The van der Waals surface area contributed by atoms with E-state index in [4.69, 9.17) is 24.8 Å². The van der Waals surface area contributed by atoms with E-state index in [0.29, 0.717) is 4.32 Å². The summed E-state index contributed by atoms with van der Waals surface area (Å²) in [5.41, 5.74) is 2.45. The number of thiocarbonyl (C=S) groups is 1. The van der Waals surface area contributed by atoms with E-state index in [-0.39, 0.29) is 51.4 Å². The molecule has 0 fully saturated rings. The molecule has 0 N–H and O–H groups in total. The quantitative estimate of drug-likeness (QED) is 0.461. The van der Waals surface area contributed by atoms with Gasteiger partial charge in [-0.1, -0.05) is 65.0 Å². The first-order valence-corrected chi connectivity index (χ1v) is 6.61. The molecule has 0 aliphatic heterocycles. The molecule has 0 amide bonds. The molecule has 0 radical (unpaired) electrons. The second-order valence-electron chi connectivity index (χ2n) is 4.09. The number of benzene rings is 2. The van der Waals surface area contributed by atoms with E-state index >= 15 is 0 Å². The Hall–Kier alpha value is 0.186. The summed E-state index contributed by atoms with van der Waals surface area (Å²) in [7, 11) is 0. The fourth-order valence-electron chi connectivity index (χ4n) is 1.79. The smallest absolute Gasteiger partial charge is 0.411 e. The number of nitrogens with zero attached hydrogens (tertiary/aromatic N) is 1. The monoisotopic (exact) mass is 311 g/mol. The van der Waals surface area contributed by atoms with Crippen molar-refractivity contribution < 1.29 is 51.4 Å². The molecule has 0 heterocycles. The minimum atomic E-state index is 0. The Bertz CT molecular complexity index is 461. The van der Waals surface area contributed by atoms with E-state index in [0.717, 1.165) is 13.1 Å². The maximum Gasteiger partial charge on any atom is 1.00 e. The zero-order valence-electron chi connectivity index (χ0n) is 11.0. The van der Waals surface area contributed by atoms with Crippen LogP contribution in [0, 0.1) is 0 Å². The second-order valence-corrected chi connectivity index (χ2v) is 5.12. The van der Waals surface area contributed by atoms with E-state index in [9.17, 15) is 0 Å². The van der Waals surface area contributed by atoms with Crippen LogP contribution in [0.25, 0.3) is 0 Å². The van der Waals surface area contributed by atoms with Gasteiger partial charge in [-0.2, -0.15) is 0 Å². The van der Waals surface area contributed by atoms with Crippen LogP contribution < -0.4 is 51.4 Å². The van der Waals surface area contributed by atoms with Gasteiger partial charge in [0.2, 0.25) is 0 Å². The van der Waals surface area contributed by atoms with Gasteiger partial charge in [-0.3, -0.25) is 0 Å². The summed E-state index contributed by atoms with van der Waals surface area (Å²) in [4.78, 5) is 2.04. The molecule has 0 aromatic heterocycles. The minimum Gasteiger partial charge on any atom is -0.411 e. The van der Waals surface area contributed by atoms with Gasteiger partial charge in [0.05, 0.1) is 0 Å². The van der Waals surface area contributed by atoms with Crippen molar-refractivity contribution in [1.82, 2.24) is 4.90 Å². The standard InChI is InChI=1S/C15H15NS2.K/c17-15(18)16(11-13-7-3-1-4-8-13)12-14-9-5-2-6-10-14;/h1-10H,11-12H2,(H,17,18);/q;+1/p-1. The fraction of sp³-hybridized carbons (Fsp3) is 0.133. The molecule has 0 spiro atoms. The predicted octanol–water partition coefficient (Wildman–Crippen LogP) is 0.525. The Morgan fingerprint density at radius 2 is 1.21 bits per heavy atom. The van der Waals surface area contributed by atoms with Crippen LogP contribution in [0.1, 0.15) is 11.1 Å². The van der Waals surface area contributed by atoms with Crippen LogP contribution in [-0.4, -0.2) is 9.22 Å². The van der Waals surface area contributed by atoms with E-state index in [1.165, 1.54) is 11.1 Å². The molecule has 4 heteroatoms. The van der Waals surface area contributed by atoms with Crippen LogP contribution in [0.5, 0.6) is 0 Å². The van der Waals surface area contributed by atoms with Gasteiger partial charge >= 0.3 is 51.4 Å². The third kappa shape index (κ3) is 6.00. The van der Waals surface area contributed by atoms with Gasteiger partial charge in [-0.25, -0.2) is 0 Å². The van der Waals surface area contributed by atoms with Crippen molar-refractivity contribution in [3.05, 3.63) is 71.8 Å². The Kier molecular flexibility index (Phi) is 8.33. The molecule has 0 atom stereocenters. The molecule has 2 rings (SSSR count). The van der Waals surface area contributed by atoms with Crippen LogP contribution in [0.15, 0.2) is 60.7 Å². The summed E-state index contributed by atoms with van der Waals surface area (Å²) in [6.07, 6.45) is 0. The molecular formula is C15H14KNS2. The van der Waals surface area contributed by atoms with Crippen LogP contribution in [-0.2, 0) is 25.7 Å². The normalized spacial score (nSPS) is 9.47. The van der Waals surface area contributed by atoms with Crippen molar-refractivity contribution in [3.63, 3.8) is 0 Å². The van der Waals surface area contributed by atoms with Gasteiger partial charge in [0.1, 0.15) is 0 Å². The molecule has 0 saturated carbocycles. The third-order valence-corrected chi connectivity index (χ3v) is 3.21. The van der Waals surface area contributed by atoms with Crippen molar-refractivity contribution in [1.29, 1.82) is 0 Å². The maximum absolute atomic E-state index is 5.16. The summed E-state index contributed by atoms with van der Waals surface area (Å²) < 4.78 is 0.516. The van der Waals surface area contributed by atoms with Crippen LogP contribution in [0.3, 0.4) is 0 Å². The maximum atomic E-state index is 5.16. The summed E-state index contributed by atoms with van der Waals surface area (Å²) >= 11 is 10.3. The zero-order valence-corrected chi connectivity index (χ0v) is 15.7. The third-order valence-electron chi connectivity index (χ3n) is 2.69. The number of hydrogen-bond donors (Lipinski definition) is 0.